The molecule has 0 radical (unpaired) electrons. The summed E-state index contributed by atoms with van der Waals surface area (Å²) in [7, 11) is 0. The maximum absolute atomic E-state index is 13.0. The Bertz CT molecular complexity index is 767. The minimum atomic E-state index is -0.611. The van der Waals surface area contributed by atoms with Crippen LogP contribution in [-0.2, 0) is 0 Å². The van der Waals surface area contributed by atoms with Crippen molar-refractivity contribution in [1.29, 1.82) is 5.26 Å². The van der Waals surface area contributed by atoms with Crippen LogP contribution < -0.4 is 11.1 Å². The highest BCUT2D eigenvalue weighted by molar-refractivity contribution is 7.99. The van der Waals surface area contributed by atoms with Crippen molar-refractivity contribution in [3.8, 4) is 6.07 Å². The van der Waals surface area contributed by atoms with Crippen LogP contribution in [-0.4, -0.2) is 27.2 Å². The maximum Gasteiger partial charge on any atom is 0.254 e. The zero-order chi connectivity index (χ0) is 16.4. The first-order valence-corrected chi connectivity index (χ1v) is 8.13. The highest BCUT2D eigenvalue weighted by Crippen LogP contribution is 2.34. The lowest BCUT2D eigenvalue weighted by Gasteiger charge is -2.12. The van der Waals surface area contributed by atoms with Gasteiger partial charge in [0, 0.05) is 23.4 Å². The number of nitriles is 1. The molecule has 2 aromatic rings. The minimum Gasteiger partial charge on any atom is -0.365 e. The number of nitrogens with two attached hydrogens (primary N) is 1. The summed E-state index contributed by atoms with van der Waals surface area (Å²) in [6.45, 7) is 0. The zero-order valence-corrected chi connectivity index (χ0v) is 12.9. The van der Waals surface area contributed by atoms with Crippen LogP contribution in [0, 0.1) is 23.1 Å². The second-order valence-electron chi connectivity index (χ2n) is 5.21. The van der Waals surface area contributed by atoms with E-state index in [0.29, 0.717) is 11.5 Å². The molecule has 6 nitrogen and oxygen atoms in total. The molecule has 0 aliphatic carbocycles. The average Bonchev–Trinajstić information content (AvgIpc) is 3.15. The topological polar surface area (TPSA) is 96.7 Å². The lowest BCUT2D eigenvalue weighted by atomic mass is 10.1. The summed E-state index contributed by atoms with van der Waals surface area (Å²) in [6.07, 6.45) is 1.56. The molecule has 1 amide bonds. The number of hydrogen-bond donors (Lipinski definition) is 2. The van der Waals surface area contributed by atoms with Gasteiger partial charge in [0.2, 0.25) is 0 Å². The second kappa shape index (κ2) is 6.30. The van der Waals surface area contributed by atoms with Crippen LogP contribution in [0.25, 0.3) is 0 Å². The third-order valence-corrected chi connectivity index (χ3v) is 4.83. The number of carbonyl (C=O) groups is 1. The van der Waals surface area contributed by atoms with Crippen LogP contribution in [0.4, 0.5) is 15.9 Å². The molecular formula is C15H14FN5OS. The van der Waals surface area contributed by atoms with Gasteiger partial charge in [0.1, 0.15) is 11.4 Å². The first kappa shape index (κ1) is 15.4. The van der Waals surface area contributed by atoms with Gasteiger partial charge >= 0.3 is 0 Å². The summed E-state index contributed by atoms with van der Waals surface area (Å²) in [4.78, 5) is 11.6. The molecule has 2 unspecified atom stereocenters. The SMILES string of the molecule is N#CC1CSCC1n1cc(C(N)=O)c(Nc2ccc(F)cc2)n1. The summed E-state index contributed by atoms with van der Waals surface area (Å²) in [5.41, 5.74) is 6.24. The summed E-state index contributed by atoms with van der Waals surface area (Å²) in [5, 5.41) is 16.5. The van der Waals surface area contributed by atoms with Gasteiger partial charge in [0.05, 0.1) is 18.0 Å². The molecule has 3 N–H and O–H groups in total. The highest BCUT2D eigenvalue weighted by Gasteiger charge is 2.31. The summed E-state index contributed by atoms with van der Waals surface area (Å²) < 4.78 is 14.6. The normalized spacial score (nSPS) is 20.2. The van der Waals surface area contributed by atoms with E-state index < -0.39 is 5.91 Å². The van der Waals surface area contributed by atoms with E-state index in [2.05, 4.69) is 16.5 Å². The number of carbonyl (C=O) groups excluding carboxylic acids is 1. The molecule has 1 aliphatic rings. The quantitative estimate of drug-likeness (QED) is 0.896. The van der Waals surface area contributed by atoms with Crippen molar-refractivity contribution in [2.45, 2.75) is 6.04 Å². The fraction of sp³-hybridized carbons (Fsp3) is 0.267. The van der Waals surface area contributed by atoms with Crippen LogP contribution in [0.3, 0.4) is 0 Å². The van der Waals surface area contributed by atoms with Gasteiger partial charge in [-0.1, -0.05) is 0 Å². The number of hydrogen-bond acceptors (Lipinski definition) is 5. The molecule has 2 heterocycles. The van der Waals surface area contributed by atoms with Crippen molar-refractivity contribution < 1.29 is 9.18 Å². The number of amides is 1. The number of nitrogens with zero attached hydrogens (tertiary/aromatic N) is 3. The molecule has 23 heavy (non-hydrogen) atoms. The zero-order valence-electron chi connectivity index (χ0n) is 12.1. The fourth-order valence-corrected chi connectivity index (χ4v) is 3.74. The maximum atomic E-state index is 13.0. The smallest absolute Gasteiger partial charge is 0.254 e. The molecule has 0 bridgehead atoms. The Hall–Kier alpha value is -2.53. The predicted octanol–water partition coefficient (Wildman–Crippen LogP) is 2.29. The highest BCUT2D eigenvalue weighted by atomic mass is 32.2. The molecule has 118 valence electrons. The van der Waals surface area contributed by atoms with E-state index in [1.807, 2.05) is 0 Å². The van der Waals surface area contributed by atoms with Gasteiger partial charge in [-0.05, 0) is 24.3 Å². The van der Waals surface area contributed by atoms with E-state index in [9.17, 15) is 14.4 Å². The molecule has 0 saturated carbocycles. The molecule has 1 fully saturated rings. The Morgan fingerprint density at radius 3 is 2.83 bits per heavy atom. The molecular weight excluding hydrogens is 317 g/mol. The monoisotopic (exact) mass is 331 g/mol. The molecule has 0 spiro atoms. The van der Waals surface area contributed by atoms with Crippen molar-refractivity contribution in [1.82, 2.24) is 9.78 Å². The van der Waals surface area contributed by atoms with Gasteiger partial charge in [0.25, 0.3) is 5.91 Å². The van der Waals surface area contributed by atoms with Crippen LogP contribution in [0.5, 0.6) is 0 Å². The van der Waals surface area contributed by atoms with E-state index in [4.69, 9.17) is 5.73 Å². The van der Waals surface area contributed by atoms with E-state index >= 15 is 0 Å². The fourth-order valence-electron chi connectivity index (χ4n) is 2.43. The molecule has 2 atom stereocenters. The number of nitrogens with one attached hydrogen (secondary N) is 1. The largest absolute Gasteiger partial charge is 0.365 e. The van der Waals surface area contributed by atoms with E-state index in [1.54, 1.807) is 34.8 Å². The average molecular weight is 331 g/mol. The molecule has 1 aromatic heterocycles. The number of aromatic nitrogens is 2. The second-order valence-corrected chi connectivity index (χ2v) is 6.28. The number of benzene rings is 1. The van der Waals surface area contributed by atoms with E-state index in [0.717, 1.165) is 11.5 Å². The van der Waals surface area contributed by atoms with Crippen molar-refractivity contribution in [2.24, 2.45) is 11.7 Å². The van der Waals surface area contributed by atoms with Crippen molar-refractivity contribution in [3.63, 3.8) is 0 Å². The number of rotatable bonds is 4. The van der Waals surface area contributed by atoms with E-state index in [-0.39, 0.29) is 23.3 Å². The molecule has 1 aliphatic heterocycles. The molecule has 1 aromatic carbocycles. The van der Waals surface area contributed by atoms with Crippen LogP contribution in [0.15, 0.2) is 30.5 Å². The van der Waals surface area contributed by atoms with Gasteiger partial charge in [-0.15, -0.1) is 0 Å². The van der Waals surface area contributed by atoms with Crippen LogP contribution >= 0.6 is 11.8 Å². The minimum absolute atomic E-state index is 0.0909. The van der Waals surface area contributed by atoms with Crippen molar-refractivity contribution in [3.05, 3.63) is 41.8 Å². The lowest BCUT2D eigenvalue weighted by Crippen LogP contribution is -2.17. The van der Waals surface area contributed by atoms with Gasteiger partial charge in [0.15, 0.2) is 5.82 Å². The van der Waals surface area contributed by atoms with Crippen molar-refractivity contribution >= 4 is 29.2 Å². The van der Waals surface area contributed by atoms with Crippen LogP contribution in [0.1, 0.15) is 16.4 Å². The summed E-state index contributed by atoms with van der Waals surface area (Å²) in [5.74, 6) is 0.690. The Balaban J connectivity index is 1.91. The Morgan fingerprint density at radius 1 is 1.43 bits per heavy atom. The van der Waals surface area contributed by atoms with Gasteiger partial charge < -0.3 is 11.1 Å². The number of halogens is 1. The van der Waals surface area contributed by atoms with Gasteiger partial charge in [-0.2, -0.15) is 22.1 Å². The Morgan fingerprint density at radius 2 is 2.17 bits per heavy atom. The number of anilines is 2. The number of thioether (sulfide) groups is 1. The molecule has 8 heteroatoms. The Labute approximate surface area is 136 Å². The lowest BCUT2D eigenvalue weighted by molar-refractivity contribution is 0.100. The molecule has 1 saturated heterocycles. The van der Waals surface area contributed by atoms with Gasteiger partial charge in [-0.3, -0.25) is 9.48 Å². The first-order chi connectivity index (χ1) is 11.1. The molecule has 3 rings (SSSR count). The summed E-state index contributed by atoms with van der Waals surface area (Å²) in [6, 6.07) is 7.88. The third kappa shape index (κ3) is 3.14. The standard InChI is InChI=1S/C15H14FN5OS/c16-10-1-3-11(4-2-10)19-15-12(14(18)22)6-21(20-15)13-8-23-7-9(13)5-17/h1-4,6,9,13H,7-8H2,(H2,18,22)(H,19,20). The van der Waals surface area contributed by atoms with Gasteiger partial charge in [-0.25, -0.2) is 4.39 Å². The first-order valence-electron chi connectivity index (χ1n) is 6.97. The number of primary amides is 1. The van der Waals surface area contributed by atoms with E-state index in [1.165, 1.54) is 12.1 Å². The van der Waals surface area contributed by atoms with Crippen LogP contribution in [0.2, 0.25) is 0 Å². The summed E-state index contributed by atoms with van der Waals surface area (Å²) >= 11 is 1.68. The van der Waals surface area contributed by atoms with Crippen molar-refractivity contribution in [2.75, 3.05) is 16.8 Å². The predicted molar refractivity (Wildman–Crippen MR) is 85.9 cm³/mol. The third-order valence-electron chi connectivity index (χ3n) is 3.66. The Kier molecular flexibility index (Phi) is 4.21.